The molecule has 0 saturated carbocycles. The minimum Gasteiger partial charge on any atom is -0.234 e. The van der Waals surface area contributed by atoms with Gasteiger partial charge in [-0.3, -0.25) is 0 Å². The van der Waals surface area contributed by atoms with Crippen LogP contribution in [0.4, 0.5) is 101 Å². The van der Waals surface area contributed by atoms with Crippen molar-refractivity contribution in [3.8, 4) is 11.1 Å². The lowest BCUT2D eigenvalue weighted by atomic mass is 9.88. The van der Waals surface area contributed by atoms with E-state index in [-0.39, 0.29) is 12.8 Å². The van der Waals surface area contributed by atoms with Crippen molar-refractivity contribution in [2.24, 2.45) is 0 Å². The molecule has 24 heteroatoms. The fourth-order valence-electron chi connectivity index (χ4n) is 3.79. The maximum atomic E-state index is 13.9. The van der Waals surface area contributed by atoms with E-state index in [1.807, 2.05) is 0 Å². The summed E-state index contributed by atoms with van der Waals surface area (Å²) in [6, 6.07) is -5.28. The molecule has 0 fully saturated rings. The van der Waals surface area contributed by atoms with Gasteiger partial charge in [-0.05, 0) is 6.42 Å². The zero-order chi connectivity index (χ0) is 38.9. The van der Waals surface area contributed by atoms with E-state index in [0.29, 0.717) is 18.2 Å². The molecule has 0 bridgehead atoms. The van der Waals surface area contributed by atoms with Crippen molar-refractivity contribution in [2.45, 2.75) is 75.2 Å². The molecular weight excluding hydrogens is 751 g/mol. The molecule has 1 nitrogen and oxygen atoms in total. The van der Waals surface area contributed by atoms with Gasteiger partial charge in [-0.1, -0.05) is 26.2 Å². The van der Waals surface area contributed by atoms with Gasteiger partial charge in [-0.25, -0.2) is 44.8 Å². The third-order valence-corrected chi connectivity index (χ3v) is 6.22. The molecule has 1 N–H and O–H groups in total. The van der Waals surface area contributed by atoms with Crippen LogP contribution in [0, 0.1) is 46.5 Å². The summed E-state index contributed by atoms with van der Waals surface area (Å²) in [5.74, 6) is -44.6. The van der Waals surface area contributed by atoms with E-state index in [2.05, 4.69) is 0 Å². The molecule has 282 valence electrons. The molecule has 0 aliphatic heterocycles. The van der Waals surface area contributed by atoms with Gasteiger partial charge in [0, 0.05) is 12.0 Å². The van der Waals surface area contributed by atoms with Gasteiger partial charge >= 0.3 is 36.2 Å². The summed E-state index contributed by atoms with van der Waals surface area (Å²) in [5.41, 5.74) is -14.2. The highest BCUT2D eigenvalue weighted by atomic mass is 19.4. The Hall–Kier alpha value is -3.21. The first kappa shape index (κ1) is 43.8. The number of halogens is 23. The molecular formula is C25H16F23N. The van der Waals surface area contributed by atoms with E-state index < -0.39 is 118 Å². The Bertz CT molecular complexity index is 1440. The van der Waals surface area contributed by atoms with Crippen LogP contribution in [0.1, 0.15) is 50.2 Å². The minimum atomic E-state index is -7.10. The predicted molar refractivity (Wildman–Crippen MR) is 119 cm³/mol. The van der Waals surface area contributed by atoms with Crippen LogP contribution in [0.3, 0.4) is 0 Å². The van der Waals surface area contributed by atoms with Crippen molar-refractivity contribution in [2.75, 3.05) is 6.80 Å². The number of hydrogen-bond donors (Lipinski definition) is 1. The maximum Gasteiger partial charge on any atom is 0.458 e. The van der Waals surface area contributed by atoms with Crippen LogP contribution in [0.15, 0.2) is 0 Å². The summed E-state index contributed by atoms with van der Waals surface area (Å²) in [6.45, 7) is -0.236. The number of rotatable bonds is 11. The Morgan fingerprint density at radius 3 is 1.29 bits per heavy atom. The second-order valence-corrected chi connectivity index (χ2v) is 9.56. The molecule has 0 saturated heterocycles. The SMILES string of the molecule is CCCCCCC(F)(F)C(F)(F)C(F)(F)NCF.Fc1c(F)c(F)c(-c2c(C(F)(F)F)c(F)c(F)c(F)c2C(F)(F)C(F)(F)F)c(F)c1F. The smallest absolute Gasteiger partial charge is 0.234 e. The summed E-state index contributed by atoms with van der Waals surface area (Å²) in [7, 11) is 0. The highest BCUT2D eigenvalue weighted by molar-refractivity contribution is 5.75. The molecule has 0 atom stereocenters. The molecule has 0 spiro atoms. The van der Waals surface area contributed by atoms with Crippen LogP contribution in [0.25, 0.3) is 11.1 Å². The fraction of sp³-hybridized carbons (Fsp3) is 0.520. The summed E-state index contributed by atoms with van der Waals surface area (Å²) in [6.07, 6.45) is -13.8. The monoisotopic (exact) mass is 767 g/mol. The average molecular weight is 767 g/mol. The second-order valence-electron chi connectivity index (χ2n) is 9.56. The van der Waals surface area contributed by atoms with Gasteiger partial charge in [0.2, 0.25) is 5.82 Å². The Morgan fingerprint density at radius 2 is 0.898 bits per heavy atom. The molecule has 2 rings (SSSR count). The summed E-state index contributed by atoms with van der Waals surface area (Å²) < 4.78 is 303. The van der Waals surface area contributed by atoms with E-state index in [1.165, 1.54) is 0 Å². The standard InChI is InChI=1S/C15F16.C10H16F7N/c16-5-2(6(17)10(21)12(23)9(5)20)1-3(13(24,25)15(29,30)31)7(18)11(22)8(19)4(1)14(26,27)28;1-2-3-4-5-6-8(12,13)9(14,15)10(16,17)18-7-11/h;18H,2-7H2,1H3. The van der Waals surface area contributed by atoms with Gasteiger partial charge in [-0.2, -0.15) is 61.5 Å². The average Bonchev–Trinajstić information content (AvgIpc) is 2.95. The first-order chi connectivity index (χ1) is 21.9. The Kier molecular flexibility index (Phi) is 13.4. The first-order valence-corrected chi connectivity index (χ1v) is 12.6. The molecule has 2 aromatic carbocycles. The number of alkyl halides is 15. The fourth-order valence-corrected chi connectivity index (χ4v) is 3.79. The lowest BCUT2D eigenvalue weighted by molar-refractivity contribution is -0.322. The van der Waals surface area contributed by atoms with Crippen LogP contribution < -0.4 is 5.32 Å². The minimum absolute atomic E-state index is 0.254. The van der Waals surface area contributed by atoms with Crippen molar-refractivity contribution in [1.82, 2.24) is 5.32 Å². The number of nitrogens with one attached hydrogen (secondary N) is 1. The Labute approximate surface area is 258 Å². The zero-order valence-corrected chi connectivity index (χ0v) is 23.4. The lowest BCUT2D eigenvalue weighted by Gasteiger charge is -2.32. The summed E-state index contributed by atoms with van der Waals surface area (Å²) in [4.78, 5) is 0. The van der Waals surface area contributed by atoms with Crippen LogP contribution >= 0.6 is 0 Å². The quantitative estimate of drug-likeness (QED) is 0.0790. The molecule has 0 aromatic heterocycles. The topological polar surface area (TPSA) is 12.0 Å². The normalized spacial score (nSPS) is 13.5. The molecule has 0 unspecified atom stereocenters. The Morgan fingerprint density at radius 1 is 0.490 bits per heavy atom. The molecule has 0 aliphatic carbocycles. The lowest BCUT2D eigenvalue weighted by Crippen LogP contribution is -2.60. The largest absolute Gasteiger partial charge is 0.458 e. The van der Waals surface area contributed by atoms with Crippen LogP contribution in [-0.2, 0) is 12.1 Å². The predicted octanol–water partition coefficient (Wildman–Crippen LogP) is 11.5. The van der Waals surface area contributed by atoms with E-state index in [4.69, 9.17) is 0 Å². The van der Waals surface area contributed by atoms with E-state index in [0.717, 1.165) is 0 Å². The third-order valence-electron chi connectivity index (χ3n) is 6.22. The van der Waals surface area contributed by atoms with E-state index in [1.54, 1.807) is 6.92 Å². The van der Waals surface area contributed by atoms with E-state index in [9.17, 15) is 101 Å². The van der Waals surface area contributed by atoms with Crippen molar-refractivity contribution >= 4 is 0 Å². The van der Waals surface area contributed by atoms with Gasteiger partial charge in [0.25, 0.3) is 0 Å². The van der Waals surface area contributed by atoms with E-state index >= 15 is 0 Å². The molecule has 0 amide bonds. The second kappa shape index (κ2) is 15.0. The van der Waals surface area contributed by atoms with Gasteiger partial charge in [-0.15, -0.1) is 0 Å². The number of unbranched alkanes of at least 4 members (excludes halogenated alkanes) is 3. The summed E-state index contributed by atoms with van der Waals surface area (Å²) >= 11 is 0. The molecule has 2 aromatic rings. The molecule has 0 radical (unpaired) electrons. The summed E-state index contributed by atoms with van der Waals surface area (Å²) in [5, 5.41) is 0.440. The van der Waals surface area contributed by atoms with Crippen LogP contribution in [0.5, 0.6) is 0 Å². The molecule has 0 heterocycles. The highest BCUT2D eigenvalue weighted by Crippen LogP contribution is 2.54. The van der Waals surface area contributed by atoms with Gasteiger partial charge in [0.1, 0.15) is 12.4 Å². The first-order valence-electron chi connectivity index (χ1n) is 12.6. The van der Waals surface area contributed by atoms with Crippen LogP contribution in [-0.4, -0.2) is 30.9 Å². The Balaban J connectivity index is 0.000000570. The zero-order valence-electron chi connectivity index (χ0n) is 23.4. The van der Waals surface area contributed by atoms with Gasteiger partial charge in [0.15, 0.2) is 40.7 Å². The van der Waals surface area contributed by atoms with Crippen molar-refractivity contribution in [3.63, 3.8) is 0 Å². The molecule has 0 aliphatic rings. The van der Waals surface area contributed by atoms with Gasteiger partial charge < -0.3 is 0 Å². The molecule has 49 heavy (non-hydrogen) atoms. The maximum absolute atomic E-state index is 13.9. The van der Waals surface area contributed by atoms with Crippen LogP contribution in [0.2, 0.25) is 0 Å². The van der Waals surface area contributed by atoms with Crippen molar-refractivity contribution in [1.29, 1.82) is 0 Å². The number of hydrogen-bond acceptors (Lipinski definition) is 1. The number of benzene rings is 2. The van der Waals surface area contributed by atoms with Crippen molar-refractivity contribution < 1.29 is 101 Å². The highest BCUT2D eigenvalue weighted by Gasteiger charge is 2.71. The van der Waals surface area contributed by atoms with Gasteiger partial charge in [0.05, 0.1) is 11.1 Å². The van der Waals surface area contributed by atoms with Crippen molar-refractivity contribution in [3.05, 3.63) is 57.7 Å². The third kappa shape index (κ3) is 8.40.